The molecular weight excluding hydrogens is 317 g/mol. The average Bonchev–Trinajstić information content (AvgIpc) is 2.49. The van der Waals surface area contributed by atoms with Crippen LogP contribution in [0.3, 0.4) is 0 Å². The maximum Gasteiger partial charge on any atom is 1.00 e. The Morgan fingerprint density at radius 2 is 1.65 bits per heavy atom. The summed E-state index contributed by atoms with van der Waals surface area (Å²) in [5.74, 6) is 6.27. The van der Waals surface area contributed by atoms with Gasteiger partial charge in [-0.15, -0.1) is 0 Å². The average molecular weight is 349 g/mol. The van der Waals surface area contributed by atoms with E-state index in [9.17, 15) is 4.79 Å². The van der Waals surface area contributed by atoms with Gasteiger partial charge in [-0.05, 0) is 39.7 Å². The Labute approximate surface area is 172 Å². The normalized spacial score (nSPS) is 10.7. The summed E-state index contributed by atoms with van der Waals surface area (Å²) in [5, 5.41) is 0. The number of benzene rings is 1. The van der Waals surface area contributed by atoms with Gasteiger partial charge in [-0.3, -0.25) is 5.92 Å². The fourth-order valence-corrected chi connectivity index (χ4v) is 2.47. The molecule has 0 N–H and O–H groups in total. The molecule has 1 aromatic rings. The van der Waals surface area contributed by atoms with Crippen molar-refractivity contribution in [3.63, 3.8) is 0 Å². The van der Waals surface area contributed by atoms with Crippen LogP contribution in [0.1, 0.15) is 60.5 Å². The minimum atomic E-state index is -0.323. The molecule has 26 heavy (non-hydrogen) atoms. The van der Waals surface area contributed by atoms with Crippen LogP contribution in [-0.4, -0.2) is 23.1 Å². The first kappa shape index (κ1) is 24.5. The Balaban J connectivity index is 0.00000625. The van der Waals surface area contributed by atoms with E-state index in [2.05, 4.69) is 24.0 Å². The Bertz CT molecular complexity index is 586. The summed E-state index contributed by atoms with van der Waals surface area (Å²) in [7, 11) is 0. The molecule has 1 amide bonds. The summed E-state index contributed by atoms with van der Waals surface area (Å²) in [6.45, 7) is 14.1. The zero-order chi connectivity index (χ0) is 19.0. The van der Waals surface area contributed by atoms with Gasteiger partial charge < -0.3 is 15.6 Å². The Kier molecular flexibility index (Phi) is 10.6. The number of rotatable bonds is 6. The molecule has 0 spiro atoms. The van der Waals surface area contributed by atoms with Crippen LogP contribution in [0.2, 0.25) is 0 Å². The van der Waals surface area contributed by atoms with Gasteiger partial charge in [0.1, 0.15) is 0 Å². The monoisotopic (exact) mass is 349 g/mol. The minimum Gasteiger partial charge on any atom is -0.500 e. The molecule has 0 bridgehead atoms. The van der Waals surface area contributed by atoms with Crippen molar-refractivity contribution in [2.45, 2.75) is 73.4 Å². The molecule has 1 rings (SSSR count). The van der Waals surface area contributed by atoms with Crippen LogP contribution in [-0.2, 0) is 11.2 Å². The van der Waals surface area contributed by atoms with E-state index >= 15 is 0 Å². The third-order valence-corrected chi connectivity index (χ3v) is 3.59. The molecular formula is C22H32LiNO2. The van der Waals surface area contributed by atoms with Crippen LogP contribution in [0.25, 0.3) is 0 Å². The van der Waals surface area contributed by atoms with Crippen LogP contribution in [0.5, 0.6) is 0 Å². The molecule has 0 fully saturated rings. The molecule has 138 valence electrons. The number of hydrogen-bond acceptors (Lipinski definition) is 2. The molecule has 0 aliphatic carbocycles. The van der Waals surface area contributed by atoms with Crippen molar-refractivity contribution in [3.8, 4) is 11.8 Å². The van der Waals surface area contributed by atoms with Crippen LogP contribution in [0, 0.1) is 23.4 Å². The summed E-state index contributed by atoms with van der Waals surface area (Å²) in [6.07, 6.45) is 1.63. The summed E-state index contributed by atoms with van der Waals surface area (Å²) in [4.78, 5) is 14.3. The van der Waals surface area contributed by atoms with E-state index in [0.29, 0.717) is 12.5 Å². The Hall–Kier alpha value is -1.48. The number of nitrogens with zero attached hydrogens (tertiary/aromatic N) is 1. The van der Waals surface area contributed by atoms with Gasteiger partial charge in [-0.1, -0.05) is 62.9 Å². The summed E-state index contributed by atoms with van der Waals surface area (Å²) >= 11 is 0. The van der Waals surface area contributed by atoms with E-state index in [-0.39, 0.29) is 42.5 Å². The predicted octanol–water partition coefficient (Wildman–Crippen LogP) is 2.46. The third kappa shape index (κ3) is 9.28. The van der Waals surface area contributed by atoms with Crippen LogP contribution in [0.4, 0.5) is 4.79 Å². The van der Waals surface area contributed by atoms with Gasteiger partial charge in [0, 0.05) is 18.2 Å². The molecule has 4 heteroatoms. The van der Waals surface area contributed by atoms with Crippen molar-refractivity contribution in [1.82, 2.24) is 4.90 Å². The van der Waals surface area contributed by atoms with E-state index in [1.807, 2.05) is 66.7 Å². The SMILES string of the molecule is CC(C)N(C(=O)O[C-](C#CC(C)(C)C)CCc1ccccc1)C(C)C.[Li+]. The molecule has 0 aromatic heterocycles. The molecule has 0 saturated carbocycles. The second-order valence-corrected chi connectivity index (χ2v) is 7.87. The Morgan fingerprint density at radius 3 is 2.12 bits per heavy atom. The fourth-order valence-electron chi connectivity index (χ4n) is 2.47. The van der Waals surface area contributed by atoms with E-state index in [0.717, 1.165) is 6.42 Å². The van der Waals surface area contributed by atoms with E-state index in [4.69, 9.17) is 4.74 Å². The molecule has 0 radical (unpaired) electrons. The van der Waals surface area contributed by atoms with Crippen molar-refractivity contribution < 1.29 is 28.4 Å². The largest absolute Gasteiger partial charge is 1.00 e. The van der Waals surface area contributed by atoms with Gasteiger partial charge in [-0.2, -0.15) is 0 Å². The van der Waals surface area contributed by atoms with Crippen molar-refractivity contribution >= 4 is 6.09 Å². The molecule has 0 aliphatic rings. The first-order valence-electron chi connectivity index (χ1n) is 9.03. The van der Waals surface area contributed by atoms with Gasteiger partial charge >= 0.3 is 25.0 Å². The van der Waals surface area contributed by atoms with Gasteiger partial charge in [-0.25, -0.2) is 4.79 Å². The smallest absolute Gasteiger partial charge is 0.500 e. The summed E-state index contributed by atoms with van der Waals surface area (Å²) in [5.41, 5.74) is 1.07. The zero-order valence-electron chi connectivity index (χ0n) is 17.7. The van der Waals surface area contributed by atoms with Crippen molar-refractivity contribution in [2.75, 3.05) is 0 Å². The maximum atomic E-state index is 12.6. The standard InChI is InChI=1S/C22H32NO2.Li/c1-17(2)23(18(3)4)21(24)25-20(15-16-22(5,6)7)14-13-19-11-9-8-10-12-19;/h8-12,17-18H,13-14H2,1-7H3;/q-1;+1. The fraction of sp³-hybridized carbons (Fsp3) is 0.545. The van der Waals surface area contributed by atoms with Gasteiger partial charge in [0.2, 0.25) is 0 Å². The molecule has 0 atom stereocenters. The topological polar surface area (TPSA) is 29.5 Å². The molecule has 3 nitrogen and oxygen atoms in total. The molecule has 0 saturated heterocycles. The van der Waals surface area contributed by atoms with E-state index in [1.165, 1.54) is 5.56 Å². The summed E-state index contributed by atoms with van der Waals surface area (Å²) < 4.78 is 5.68. The molecule has 0 heterocycles. The van der Waals surface area contributed by atoms with Gasteiger partial charge in [0.05, 0.1) is 0 Å². The number of ether oxygens (including phenoxy) is 1. The first-order chi connectivity index (χ1) is 11.6. The number of carbonyl (C=O) groups is 1. The van der Waals surface area contributed by atoms with Crippen molar-refractivity contribution in [2.24, 2.45) is 5.41 Å². The van der Waals surface area contributed by atoms with Crippen LogP contribution < -0.4 is 18.9 Å². The number of hydrogen-bond donors (Lipinski definition) is 0. The summed E-state index contributed by atoms with van der Waals surface area (Å²) in [6, 6.07) is 10.3. The van der Waals surface area contributed by atoms with Crippen LogP contribution in [0.15, 0.2) is 30.3 Å². The predicted molar refractivity (Wildman–Crippen MR) is 104 cm³/mol. The number of amides is 1. The number of carbonyl (C=O) groups excluding carboxylic acids is 1. The quantitative estimate of drug-likeness (QED) is 0.449. The molecule has 0 unspecified atom stereocenters. The minimum absolute atomic E-state index is 0. The molecule has 0 aliphatic heterocycles. The van der Waals surface area contributed by atoms with E-state index in [1.54, 1.807) is 4.90 Å². The third-order valence-electron chi connectivity index (χ3n) is 3.59. The van der Waals surface area contributed by atoms with E-state index < -0.39 is 0 Å². The molecule has 1 aromatic carbocycles. The van der Waals surface area contributed by atoms with Gasteiger partial charge in [0.15, 0.2) is 0 Å². The van der Waals surface area contributed by atoms with Crippen molar-refractivity contribution in [3.05, 3.63) is 42.0 Å². The van der Waals surface area contributed by atoms with Crippen molar-refractivity contribution in [1.29, 1.82) is 0 Å². The van der Waals surface area contributed by atoms with Crippen LogP contribution >= 0.6 is 0 Å². The second kappa shape index (κ2) is 11.3. The Morgan fingerprint density at radius 1 is 1.12 bits per heavy atom. The zero-order valence-corrected chi connectivity index (χ0v) is 17.7. The second-order valence-electron chi connectivity index (χ2n) is 7.87. The van der Waals surface area contributed by atoms with Gasteiger partial charge in [0.25, 0.3) is 0 Å². The first-order valence-corrected chi connectivity index (χ1v) is 9.03. The number of aryl methyl sites for hydroxylation is 1. The maximum absolute atomic E-state index is 12.6.